The molecule has 2 rings (SSSR count). The maximum atomic E-state index is 12.8. The second-order valence-electron chi connectivity index (χ2n) is 11.5. The van der Waals surface area contributed by atoms with Gasteiger partial charge < -0.3 is 48.4 Å². The fourth-order valence-electron chi connectivity index (χ4n) is 4.50. The molecule has 0 saturated heterocycles. The van der Waals surface area contributed by atoms with Gasteiger partial charge in [-0.25, -0.2) is 19.1 Å². The second kappa shape index (κ2) is 16.6. The number of carboxylic acids is 2. The minimum atomic E-state index is -4.94. The first-order valence-electron chi connectivity index (χ1n) is 14.3. The summed E-state index contributed by atoms with van der Waals surface area (Å²) in [7, 11) is 2.95. The van der Waals surface area contributed by atoms with Gasteiger partial charge in [-0.1, -0.05) is 17.3 Å². The van der Waals surface area contributed by atoms with Gasteiger partial charge >= 0.3 is 24.9 Å². The highest BCUT2D eigenvalue weighted by molar-refractivity contribution is 6.58. The second-order valence-corrected chi connectivity index (χ2v) is 11.5. The Labute approximate surface area is 258 Å². The van der Waals surface area contributed by atoms with Gasteiger partial charge in [-0.2, -0.15) is 0 Å². The lowest BCUT2D eigenvalue weighted by atomic mass is 9.90. The number of aromatic nitrogens is 3. The number of amides is 3. The van der Waals surface area contributed by atoms with Crippen LogP contribution < -0.4 is 16.0 Å². The maximum absolute atomic E-state index is 12.8. The third-order valence-electron chi connectivity index (χ3n) is 6.64. The predicted octanol–water partition coefficient (Wildman–Crippen LogP) is 1.76. The van der Waals surface area contributed by atoms with Crippen molar-refractivity contribution in [2.24, 2.45) is 0 Å². The number of rotatable bonds is 19. The van der Waals surface area contributed by atoms with Gasteiger partial charge in [-0.3, -0.25) is 4.79 Å². The van der Waals surface area contributed by atoms with Crippen molar-refractivity contribution in [1.29, 1.82) is 0 Å². The molecule has 0 unspecified atom stereocenters. The van der Waals surface area contributed by atoms with E-state index in [0.29, 0.717) is 30.6 Å². The van der Waals surface area contributed by atoms with Crippen LogP contribution in [0.1, 0.15) is 60.6 Å². The zero-order chi connectivity index (χ0) is 33.8. The highest BCUT2D eigenvalue weighted by atomic mass is 19.4. The number of carbonyl (C=O) groups is 5. The van der Waals surface area contributed by atoms with E-state index in [9.17, 15) is 47.1 Å². The molecule has 18 heteroatoms. The van der Waals surface area contributed by atoms with E-state index in [0.717, 1.165) is 5.56 Å². The summed E-state index contributed by atoms with van der Waals surface area (Å²) in [4.78, 5) is 58.6. The Balaban J connectivity index is 1.77. The number of nitrogens with one attached hydrogen (secondary N) is 3. The molecule has 0 bridgehead atoms. The molecule has 1 aromatic heterocycles. The van der Waals surface area contributed by atoms with Crippen LogP contribution in [0, 0.1) is 0 Å². The molecule has 0 aliphatic carbocycles. The van der Waals surface area contributed by atoms with E-state index in [2.05, 4.69) is 26.3 Å². The monoisotopic (exact) mass is 641 g/mol. The minimum absolute atomic E-state index is 0.0299. The van der Waals surface area contributed by atoms with E-state index in [1.54, 1.807) is 30.5 Å². The Morgan fingerprint density at radius 3 is 2.11 bits per heavy atom. The number of benzene rings is 1. The van der Waals surface area contributed by atoms with Gasteiger partial charge in [0.15, 0.2) is 0 Å². The Bertz CT molecular complexity index is 1340. The Morgan fingerprint density at radius 1 is 0.956 bits per heavy atom. The van der Waals surface area contributed by atoms with Crippen LogP contribution in [0.5, 0.6) is 0 Å². The van der Waals surface area contributed by atoms with Crippen LogP contribution in [0.25, 0.3) is 0 Å². The van der Waals surface area contributed by atoms with Crippen LogP contribution in [-0.2, 0) is 27.5 Å². The number of nitrogens with zero attached hydrogens (tertiary/aromatic N) is 4. The summed E-state index contributed by atoms with van der Waals surface area (Å²) in [5, 5.41) is 33.7. The first-order valence-corrected chi connectivity index (χ1v) is 14.3. The fourth-order valence-corrected chi connectivity index (χ4v) is 4.50. The van der Waals surface area contributed by atoms with Gasteiger partial charge in [-0.05, 0) is 50.3 Å². The number of halogens is 3. The fraction of sp³-hybridized carbons (Fsp3) is 0.519. The van der Waals surface area contributed by atoms with E-state index in [4.69, 9.17) is 0 Å². The highest BCUT2D eigenvalue weighted by Gasteiger charge is 2.34. The number of unbranched alkanes of at least 4 members (excludes halogenated alkanes) is 1. The Morgan fingerprint density at radius 2 is 1.56 bits per heavy atom. The molecule has 3 amide bonds. The number of quaternary nitrogens is 1. The largest absolute Gasteiger partial charge is 0.531 e. The number of carboxylic acid groups (broad SMARTS) is 2. The molecule has 0 saturated carbocycles. The molecule has 248 valence electrons. The van der Waals surface area contributed by atoms with Crippen LogP contribution in [0.15, 0.2) is 30.5 Å². The van der Waals surface area contributed by atoms with Crippen molar-refractivity contribution in [2.75, 3.05) is 27.1 Å². The first kappa shape index (κ1) is 36.7. The van der Waals surface area contributed by atoms with Crippen molar-refractivity contribution in [3.05, 3.63) is 47.3 Å². The van der Waals surface area contributed by atoms with Crippen molar-refractivity contribution in [3.63, 3.8) is 0 Å². The van der Waals surface area contributed by atoms with Crippen molar-refractivity contribution < 1.29 is 51.6 Å². The molecule has 0 aliphatic heterocycles. The third-order valence-corrected chi connectivity index (χ3v) is 6.64. The van der Waals surface area contributed by atoms with E-state index in [1.807, 2.05) is 0 Å². The zero-order valence-electron chi connectivity index (χ0n) is 25.3. The van der Waals surface area contributed by atoms with Gasteiger partial charge in [0.05, 0.1) is 33.3 Å². The normalized spacial score (nSPS) is 13.0. The lowest BCUT2D eigenvalue weighted by Crippen LogP contribution is -2.51. The van der Waals surface area contributed by atoms with Crippen LogP contribution >= 0.6 is 0 Å². The molecular formula is C27H39BF3N7O7. The smallest absolute Gasteiger partial charge is 0.480 e. The van der Waals surface area contributed by atoms with Crippen molar-refractivity contribution >= 4 is 36.6 Å². The summed E-state index contributed by atoms with van der Waals surface area (Å²) >= 11 is 0. The van der Waals surface area contributed by atoms with Gasteiger partial charge in [-0.15, -0.1) is 5.10 Å². The molecule has 0 radical (unpaired) electrons. The molecular weight excluding hydrogens is 602 g/mol. The number of aliphatic carboxylic acids is 2. The summed E-state index contributed by atoms with van der Waals surface area (Å²) in [6, 6.07) is 3.03. The molecule has 2 atom stereocenters. The lowest BCUT2D eigenvalue weighted by Gasteiger charge is -2.33. The van der Waals surface area contributed by atoms with Crippen molar-refractivity contribution in [2.45, 2.75) is 64.2 Å². The maximum Gasteiger partial charge on any atom is 0.531 e. The number of carbonyl (C=O) groups excluding carboxylic acids is 3. The highest BCUT2D eigenvalue weighted by Crippen LogP contribution is 2.17. The van der Waals surface area contributed by atoms with E-state index in [-0.39, 0.29) is 48.5 Å². The SMILES string of the molecule is CC(=O)CC[C@H](NC(=O)N[C@@H](CCCCNC(=O)c1ccc(Cn2cc(C[N+](C)(C)C[B-](F)(F)F)nn2)cc1)C(=O)O)C(=O)O. The number of hydrogen-bond donors (Lipinski definition) is 5. The Hall–Kier alpha value is -4.48. The standard InChI is InChI=1S/C27H39BF3N7O7/c1-18(39)7-12-23(26(43)44)34-27(45)33-22(25(41)42)6-4-5-13-32-24(40)20-10-8-19(9-11-20)14-37-15-21(35-36-37)16-38(2,3)17-28(29,30)31/h8-11,15,22-23H,4-7,12-14,16-17H2,1-3H3,(H,32,40)(H,41,42)(H,43,44)(H2,33,34,45)/t22-,23-/m0/s1. The number of ketones is 1. The molecule has 14 nitrogen and oxygen atoms in total. The number of urea groups is 1. The third kappa shape index (κ3) is 14.2. The Kier molecular flexibility index (Phi) is 13.5. The van der Waals surface area contributed by atoms with Crippen LogP contribution in [0.3, 0.4) is 0 Å². The first-order chi connectivity index (χ1) is 20.9. The molecule has 0 aliphatic rings. The average molecular weight is 641 g/mol. The lowest BCUT2D eigenvalue weighted by molar-refractivity contribution is -0.895. The van der Waals surface area contributed by atoms with Crippen LogP contribution in [0.4, 0.5) is 17.7 Å². The number of hydrogen-bond acceptors (Lipinski definition) is 7. The van der Waals surface area contributed by atoms with Crippen LogP contribution in [-0.4, -0.2) is 105 Å². The number of Topliss-reactive ketones (excluding diaryl/α,β-unsaturated/α-hetero) is 1. The van der Waals surface area contributed by atoms with Gasteiger partial charge in [0.1, 0.15) is 30.1 Å². The molecule has 45 heavy (non-hydrogen) atoms. The molecule has 0 spiro atoms. The molecule has 1 aromatic carbocycles. The predicted molar refractivity (Wildman–Crippen MR) is 156 cm³/mol. The summed E-state index contributed by atoms with van der Waals surface area (Å²) in [6.07, 6.45) is 1.23. The summed E-state index contributed by atoms with van der Waals surface area (Å²) in [6.45, 7) is -3.05. The minimum Gasteiger partial charge on any atom is -0.480 e. The molecule has 2 aromatic rings. The zero-order valence-corrected chi connectivity index (χ0v) is 25.3. The quantitative estimate of drug-likeness (QED) is 0.0864. The summed E-state index contributed by atoms with van der Waals surface area (Å²) in [5.41, 5.74) is 1.60. The molecule has 0 fully saturated rings. The molecule has 5 N–H and O–H groups in total. The average Bonchev–Trinajstić information content (AvgIpc) is 3.34. The topological polar surface area (TPSA) is 193 Å². The molecule has 1 heterocycles. The van der Waals surface area contributed by atoms with E-state index in [1.165, 1.54) is 25.7 Å². The van der Waals surface area contributed by atoms with Gasteiger partial charge in [0, 0.05) is 18.5 Å². The van der Waals surface area contributed by atoms with E-state index >= 15 is 0 Å². The van der Waals surface area contributed by atoms with E-state index < -0.39 is 43.5 Å². The van der Waals surface area contributed by atoms with Crippen molar-refractivity contribution in [3.8, 4) is 0 Å². The summed E-state index contributed by atoms with van der Waals surface area (Å²) < 4.78 is 39.7. The van der Waals surface area contributed by atoms with Gasteiger partial charge in [0.2, 0.25) is 0 Å². The van der Waals surface area contributed by atoms with Crippen LogP contribution in [0.2, 0.25) is 0 Å². The van der Waals surface area contributed by atoms with Gasteiger partial charge in [0.25, 0.3) is 5.91 Å². The van der Waals surface area contributed by atoms with Crippen molar-refractivity contribution in [1.82, 2.24) is 30.9 Å². The summed E-state index contributed by atoms with van der Waals surface area (Å²) in [5.74, 6) is -3.26.